The van der Waals surface area contributed by atoms with Gasteiger partial charge in [-0.15, -0.1) is 0 Å². The molecule has 1 fully saturated rings. The molecule has 9 heteroatoms. The highest BCUT2D eigenvalue weighted by Gasteiger charge is 2.35. The Morgan fingerprint density at radius 3 is 2.54 bits per heavy atom. The molecule has 3 rings (SSSR count). The summed E-state index contributed by atoms with van der Waals surface area (Å²) in [6.45, 7) is 0.122. The molecule has 0 unspecified atom stereocenters. The summed E-state index contributed by atoms with van der Waals surface area (Å²) in [6.07, 6.45) is 1.32. The highest BCUT2D eigenvalue weighted by Crippen LogP contribution is 2.34. The molecular weight excluding hydrogens is 356 g/mol. The van der Waals surface area contributed by atoms with Crippen molar-refractivity contribution in [2.24, 2.45) is 0 Å². The zero-order chi connectivity index (χ0) is 17.3. The molecule has 24 heavy (non-hydrogen) atoms. The fourth-order valence-electron chi connectivity index (χ4n) is 2.06. The lowest BCUT2D eigenvalue weighted by Gasteiger charge is -2.12. The van der Waals surface area contributed by atoms with Gasteiger partial charge < -0.3 is 4.42 Å². The molecule has 122 valence electrons. The van der Waals surface area contributed by atoms with E-state index in [0.717, 1.165) is 22.2 Å². The van der Waals surface area contributed by atoms with Crippen molar-refractivity contribution in [3.63, 3.8) is 0 Å². The number of benzene rings is 1. The molecule has 1 aromatic carbocycles. The van der Waals surface area contributed by atoms with Gasteiger partial charge in [-0.3, -0.25) is 24.6 Å². The lowest BCUT2D eigenvalue weighted by Crippen LogP contribution is -2.27. The molecule has 1 aromatic heterocycles. The Hall–Kier alpha value is -2.58. The van der Waals surface area contributed by atoms with Gasteiger partial charge in [-0.25, -0.2) is 0 Å². The molecule has 1 aliphatic heterocycles. The normalized spacial score (nSPS) is 16.2. The summed E-state index contributed by atoms with van der Waals surface area (Å²) >= 11 is 6.56. The molecule has 2 amide bonds. The maximum atomic E-state index is 12.3. The van der Waals surface area contributed by atoms with Crippen LogP contribution in [-0.2, 0) is 11.3 Å². The van der Waals surface area contributed by atoms with Crippen LogP contribution in [0.4, 0.5) is 10.7 Å². The Morgan fingerprint density at radius 1 is 1.21 bits per heavy atom. The van der Waals surface area contributed by atoms with Gasteiger partial charge in [-0.2, -0.15) is 0 Å². The van der Waals surface area contributed by atoms with Gasteiger partial charge in [0.15, 0.2) is 0 Å². The van der Waals surface area contributed by atoms with Crippen LogP contribution in [0.2, 0.25) is 5.02 Å². The van der Waals surface area contributed by atoms with E-state index in [1.165, 1.54) is 18.2 Å². The Labute approximate surface area is 145 Å². The molecule has 0 aliphatic carbocycles. The van der Waals surface area contributed by atoms with E-state index >= 15 is 0 Å². The van der Waals surface area contributed by atoms with Crippen molar-refractivity contribution in [3.8, 4) is 0 Å². The van der Waals surface area contributed by atoms with Crippen LogP contribution in [0.5, 0.6) is 0 Å². The number of halogens is 1. The number of carbonyl (C=O) groups excluding carboxylic acids is 2. The molecule has 0 saturated carbocycles. The molecule has 1 aliphatic rings. The van der Waals surface area contributed by atoms with Crippen LogP contribution in [0.15, 0.2) is 45.7 Å². The van der Waals surface area contributed by atoms with Crippen molar-refractivity contribution in [2.75, 3.05) is 0 Å². The van der Waals surface area contributed by atoms with Crippen LogP contribution in [0, 0.1) is 10.1 Å². The van der Waals surface area contributed by atoms with Gasteiger partial charge in [0.05, 0.1) is 17.5 Å². The number of thioether (sulfide) groups is 1. The first kappa shape index (κ1) is 16.3. The Morgan fingerprint density at radius 2 is 1.92 bits per heavy atom. The molecule has 7 nitrogen and oxygen atoms in total. The van der Waals surface area contributed by atoms with E-state index < -0.39 is 22.0 Å². The summed E-state index contributed by atoms with van der Waals surface area (Å²) in [5.74, 6) is -0.765. The second-order valence-corrected chi connectivity index (χ2v) is 6.26. The molecular formula is C15H9ClN2O5S. The third-order valence-corrected chi connectivity index (χ3v) is 4.35. The standard InChI is InChI=1S/C15H9ClN2O5S/c16-10-3-1-9(2-4-10)8-17-14(19)12(24-15(17)20)7-11-5-6-13(23-11)18(21)22/h1-7H,8H2/b12-7+. The van der Waals surface area contributed by atoms with Crippen molar-refractivity contribution in [1.82, 2.24) is 4.90 Å². The highest BCUT2D eigenvalue weighted by molar-refractivity contribution is 8.18. The fourth-order valence-corrected chi connectivity index (χ4v) is 3.00. The topological polar surface area (TPSA) is 93.7 Å². The van der Waals surface area contributed by atoms with Gasteiger partial charge in [0.1, 0.15) is 10.7 Å². The predicted molar refractivity (Wildman–Crippen MR) is 88.3 cm³/mol. The van der Waals surface area contributed by atoms with E-state index in [-0.39, 0.29) is 17.2 Å². The smallest absolute Gasteiger partial charge is 0.401 e. The quantitative estimate of drug-likeness (QED) is 0.461. The highest BCUT2D eigenvalue weighted by atomic mass is 35.5. The second-order valence-electron chi connectivity index (χ2n) is 4.83. The first-order chi connectivity index (χ1) is 11.4. The third-order valence-electron chi connectivity index (χ3n) is 3.19. The molecule has 0 bridgehead atoms. The number of nitro groups is 1. The summed E-state index contributed by atoms with van der Waals surface area (Å²) in [6, 6.07) is 9.35. The van der Waals surface area contributed by atoms with E-state index in [4.69, 9.17) is 16.0 Å². The first-order valence-electron chi connectivity index (χ1n) is 6.68. The number of nitrogens with zero attached hydrogens (tertiary/aromatic N) is 2. The molecule has 0 spiro atoms. The van der Waals surface area contributed by atoms with Crippen molar-refractivity contribution in [2.45, 2.75) is 6.54 Å². The van der Waals surface area contributed by atoms with Gasteiger partial charge in [0.2, 0.25) is 0 Å². The number of furan rings is 1. The van der Waals surface area contributed by atoms with Crippen LogP contribution in [0.3, 0.4) is 0 Å². The van der Waals surface area contributed by atoms with E-state index in [1.54, 1.807) is 24.3 Å². The zero-order valence-electron chi connectivity index (χ0n) is 12.0. The second kappa shape index (κ2) is 6.50. The number of carbonyl (C=O) groups is 2. The van der Waals surface area contributed by atoms with E-state index in [1.807, 2.05) is 0 Å². The van der Waals surface area contributed by atoms with E-state index in [0.29, 0.717) is 5.02 Å². The number of hydrogen-bond acceptors (Lipinski definition) is 6. The summed E-state index contributed by atoms with van der Waals surface area (Å²) in [4.78, 5) is 35.5. The molecule has 2 aromatic rings. The van der Waals surface area contributed by atoms with Gasteiger partial charge in [-0.05, 0) is 35.5 Å². The average molecular weight is 365 g/mol. The zero-order valence-corrected chi connectivity index (χ0v) is 13.5. The maximum absolute atomic E-state index is 12.3. The van der Waals surface area contributed by atoms with Crippen LogP contribution in [0.1, 0.15) is 11.3 Å². The SMILES string of the molecule is O=C1S/C(=C/c2ccc([N+](=O)[O-])o2)C(=O)N1Cc1ccc(Cl)cc1. The largest absolute Gasteiger partial charge is 0.433 e. The average Bonchev–Trinajstić information content (AvgIpc) is 3.10. The minimum atomic E-state index is -0.677. The van der Waals surface area contributed by atoms with Crippen molar-refractivity contribution >= 4 is 46.5 Å². The maximum Gasteiger partial charge on any atom is 0.433 e. The minimum absolute atomic E-state index is 0.122. The molecule has 0 N–H and O–H groups in total. The monoisotopic (exact) mass is 364 g/mol. The minimum Gasteiger partial charge on any atom is -0.401 e. The first-order valence-corrected chi connectivity index (χ1v) is 7.87. The van der Waals surface area contributed by atoms with Gasteiger partial charge in [0, 0.05) is 11.1 Å². The summed E-state index contributed by atoms with van der Waals surface area (Å²) < 4.78 is 4.97. The van der Waals surface area contributed by atoms with Crippen LogP contribution in [-0.4, -0.2) is 21.0 Å². The van der Waals surface area contributed by atoms with Gasteiger partial charge in [-0.1, -0.05) is 23.7 Å². The lowest BCUT2D eigenvalue weighted by molar-refractivity contribution is -0.402. The number of hydrogen-bond donors (Lipinski definition) is 0. The Kier molecular flexibility index (Phi) is 4.41. The lowest BCUT2D eigenvalue weighted by atomic mass is 10.2. The third kappa shape index (κ3) is 3.34. The molecule has 2 heterocycles. The summed E-state index contributed by atoms with van der Waals surface area (Å²) in [5.41, 5.74) is 0.761. The predicted octanol–water partition coefficient (Wildman–Crippen LogP) is 4.08. The Bertz CT molecular complexity index is 859. The van der Waals surface area contributed by atoms with Crippen molar-refractivity contribution in [1.29, 1.82) is 0 Å². The van der Waals surface area contributed by atoms with E-state index in [9.17, 15) is 19.7 Å². The van der Waals surface area contributed by atoms with Crippen LogP contribution >= 0.6 is 23.4 Å². The number of imide groups is 1. The van der Waals surface area contributed by atoms with Crippen molar-refractivity contribution in [3.05, 3.63) is 67.8 Å². The molecule has 0 radical (unpaired) electrons. The number of rotatable bonds is 4. The number of amides is 2. The summed E-state index contributed by atoms with van der Waals surface area (Å²) in [7, 11) is 0. The Balaban J connectivity index is 1.79. The van der Waals surface area contributed by atoms with Gasteiger partial charge >= 0.3 is 5.88 Å². The summed E-state index contributed by atoms with van der Waals surface area (Å²) in [5, 5.41) is 10.7. The van der Waals surface area contributed by atoms with Crippen LogP contribution < -0.4 is 0 Å². The van der Waals surface area contributed by atoms with Gasteiger partial charge in [0.25, 0.3) is 11.1 Å². The molecule has 1 saturated heterocycles. The molecule has 0 atom stereocenters. The fraction of sp³-hybridized carbons (Fsp3) is 0.0667. The van der Waals surface area contributed by atoms with E-state index in [2.05, 4.69) is 0 Å². The van der Waals surface area contributed by atoms with Crippen molar-refractivity contribution < 1.29 is 18.9 Å². The van der Waals surface area contributed by atoms with Crippen LogP contribution in [0.25, 0.3) is 6.08 Å².